The maximum atomic E-state index is 11.2. The van der Waals surface area contributed by atoms with Crippen molar-refractivity contribution < 1.29 is 28.7 Å². The number of Topliss-reactive ketones (excluding diaryl/α,β-unsaturated/α-hetero) is 1. The van der Waals surface area contributed by atoms with Gasteiger partial charge in [-0.15, -0.1) is 18.9 Å². The molecule has 4 amide bonds. The van der Waals surface area contributed by atoms with Crippen molar-refractivity contribution in [2.75, 3.05) is 13.7 Å². The van der Waals surface area contributed by atoms with Crippen molar-refractivity contribution in [1.29, 1.82) is 0 Å². The minimum Gasteiger partial charge on any atom is -0.373 e. The average molecular weight is 713 g/mol. The molecule has 8 heteroatoms. The summed E-state index contributed by atoms with van der Waals surface area (Å²) in [6.07, 6.45) is 15.3. The van der Waals surface area contributed by atoms with Gasteiger partial charge in [-0.3, -0.25) is 33.8 Å². The predicted molar refractivity (Wildman–Crippen MR) is 214 cm³/mol. The third-order valence-corrected chi connectivity index (χ3v) is 7.29. The standard InChI is InChI=1S/C8H11NO2.C8H14O.C7H9NO2.C7H14.C5H10O.C5H8.C3H6/c1-5(2)6-4-7(10)9(3)8(6)11;1-5-7(4)8(9)6(2)3;1-5(2)8-6(9)3-4-7(8)10;1-5-7(4)6(2)3;1-4(2)5-3-6-5;1-4-5(2)3;1-3-2/h4-5H,1-3H3;5-6H,1-4H3;3-5H,1-2H3;5-6H,1-4H3;4-5H,3H2,1-2H3;1,5H,2-3H3;3H,1H2,2H3/b;7-5+;;;;;. The first kappa shape index (κ1) is 54.0. The number of ether oxygens (including phenoxy) is 1. The van der Waals surface area contributed by atoms with Crippen LogP contribution in [0.25, 0.3) is 0 Å². The van der Waals surface area contributed by atoms with E-state index >= 15 is 0 Å². The Morgan fingerprint density at radius 2 is 1.25 bits per heavy atom. The summed E-state index contributed by atoms with van der Waals surface area (Å²) in [5.74, 6) is 4.14. The van der Waals surface area contributed by atoms with Crippen LogP contribution in [0.4, 0.5) is 0 Å². The molecule has 3 heterocycles. The summed E-state index contributed by atoms with van der Waals surface area (Å²) < 4.78 is 4.97. The van der Waals surface area contributed by atoms with E-state index in [1.54, 1.807) is 6.08 Å². The Morgan fingerprint density at radius 1 is 0.843 bits per heavy atom. The van der Waals surface area contributed by atoms with Crippen molar-refractivity contribution in [3.8, 4) is 12.3 Å². The highest BCUT2D eigenvalue weighted by molar-refractivity contribution is 6.16. The molecular formula is C43H72N2O6. The minimum atomic E-state index is -0.210. The Hall–Kier alpha value is -3.83. The molecule has 0 saturated carbocycles. The van der Waals surface area contributed by atoms with E-state index in [1.807, 2.05) is 82.2 Å². The lowest BCUT2D eigenvalue weighted by atomic mass is 10.0. The van der Waals surface area contributed by atoms with E-state index in [2.05, 4.69) is 60.1 Å². The summed E-state index contributed by atoms with van der Waals surface area (Å²) in [4.78, 5) is 57.2. The van der Waals surface area contributed by atoms with E-state index in [1.165, 1.54) is 35.7 Å². The zero-order chi connectivity index (χ0) is 41.2. The fourth-order valence-corrected chi connectivity index (χ4v) is 3.29. The molecule has 0 N–H and O–H groups in total. The van der Waals surface area contributed by atoms with Gasteiger partial charge in [0, 0.05) is 48.7 Å². The van der Waals surface area contributed by atoms with Crippen LogP contribution in [0.15, 0.2) is 59.8 Å². The Kier molecular flexibility index (Phi) is 31.6. The van der Waals surface area contributed by atoms with Crippen molar-refractivity contribution >= 4 is 29.4 Å². The number of amides is 4. The normalized spacial score (nSPS) is 16.1. The highest BCUT2D eigenvalue weighted by Crippen LogP contribution is 2.19. The largest absolute Gasteiger partial charge is 0.373 e. The van der Waals surface area contributed by atoms with Gasteiger partial charge in [0.1, 0.15) is 0 Å². The molecule has 0 bridgehead atoms. The first-order valence-corrected chi connectivity index (χ1v) is 18.0. The van der Waals surface area contributed by atoms with Gasteiger partial charge in [0.2, 0.25) is 0 Å². The van der Waals surface area contributed by atoms with Gasteiger partial charge in [-0.2, -0.15) is 0 Å². The van der Waals surface area contributed by atoms with E-state index < -0.39 is 0 Å². The summed E-state index contributed by atoms with van der Waals surface area (Å²) >= 11 is 0. The summed E-state index contributed by atoms with van der Waals surface area (Å²) in [6, 6.07) is -0.0324. The molecule has 0 aromatic carbocycles. The molecule has 0 radical (unpaired) electrons. The van der Waals surface area contributed by atoms with Gasteiger partial charge in [0.05, 0.1) is 12.7 Å². The van der Waals surface area contributed by atoms with Crippen molar-refractivity contribution in [2.45, 2.75) is 130 Å². The number of hydrogen-bond donors (Lipinski definition) is 0. The number of imide groups is 2. The third-order valence-electron chi connectivity index (χ3n) is 7.29. The van der Waals surface area contributed by atoms with Crippen LogP contribution in [0.3, 0.4) is 0 Å². The third kappa shape index (κ3) is 26.6. The Morgan fingerprint density at radius 3 is 1.35 bits per heavy atom. The van der Waals surface area contributed by atoms with Crippen molar-refractivity contribution in [3.63, 3.8) is 0 Å². The number of epoxide rings is 1. The van der Waals surface area contributed by atoms with Crippen molar-refractivity contribution in [2.24, 2.45) is 29.6 Å². The smallest absolute Gasteiger partial charge is 0.256 e. The van der Waals surface area contributed by atoms with E-state index in [0.717, 1.165) is 28.9 Å². The molecule has 3 aliphatic rings. The molecule has 0 aromatic heterocycles. The second-order valence-corrected chi connectivity index (χ2v) is 14.0. The van der Waals surface area contributed by atoms with Crippen LogP contribution in [-0.2, 0) is 28.7 Å². The quantitative estimate of drug-likeness (QED) is 0.0895. The molecule has 1 saturated heterocycles. The van der Waals surface area contributed by atoms with Gasteiger partial charge in [0.15, 0.2) is 5.78 Å². The van der Waals surface area contributed by atoms with Gasteiger partial charge in [-0.25, -0.2) is 0 Å². The molecule has 1 atom stereocenters. The van der Waals surface area contributed by atoms with Crippen molar-refractivity contribution in [1.82, 2.24) is 9.80 Å². The van der Waals surface area contributed by atoms with E-state index in [-0.39, 0.29) is 47.3 Å². The maximum absolute atomic E-state index is 11.2. The Labute approximate surface area is 312 Å². The lowest BCUT2D eigenvalue weighted by Gasteiger charge is -2.17. The second-order valence-electron chi connectivity index (χ2n) is 14.0. The fourth-order valence-electron chi connectivity index (χ4n) is 3.29. The van der Waals surface area contributed by atoms with Crippen molar-refractivity contribution in [3.05, 3.63) is 59.8 Å². The fraction of sp³-hybridized carbons (Fsp3) is 0.605. The van der Waals surface area contributed by atoms with Crippen LogP contribution in [-0.4, -0.2) is 65.0 Å². The van der Waals surface area contributed by atoms with Gasteiger partial charge in [0.25, 0.3) is 23.6 Å². The van der Waals surface area contributed by atoms with Crippen LogP contribution in [0.1, 0.15) is 118 Å². The predicted octanol–water partition coefficient (Wildman–Crippen LogP) is 9.18. The zero-order valence-corrected chi connectivity index (χ0v) is 35.3. The van der Waals surface area contributed by atoms with Gasteiger partial charge >= 0.3 is 0 Å². The summed E-state index contributed by atoms with van der Waals surface area (Å²) in [6.45, 7) is 38.2. The first-order chi connectivity index (χ1) is 23.4. The molecule has 51 heavy (non-hydrogen) atoms. The molecule has 3 rings (SSSR count). The van der Waals surface area contributed by atoms with Gasteiger partial charge < -0.3 is 4.74 Å². The molecule has 3 aliphatic heterocycles. The molecule has 8 nitrogen and oxygen atoms in total. The molecular weight excluding hydrogens is 640 g/mol. The first-order valence-electron chi connectivity index (χ1n) is 18.0. The molecule has 1 unspecified atom stereocenters. The lowest BCUT2D eigenvalue weighted by Crippen LogP contribution is -2.36. The molecule has 0 aromatic rings. The van der Waals surface area contributed by atoms with Crippen LogP contribution in [0.2, 0.25) is 0 Å². The number of rotatable bonds is 6. The second kappa shape index (κ2) is 29.9. The topological polar surface area (TPSA) is 104 Å². The van der Waals surface area contributed by atoms with E-state index in [0.29, 0.717) is 17.6 Å². The van der Waals surface area contributed by atoms with E-state index in [4.69, 9.17) is 11.2 Å². The molecule has 1 fully saturated rings. The van der Waals surface area contributed by atoms with Crippen LogP contribution in [0.5, 0.6) is 0 Å². The van der Waals surface area contributed by atoms with Gasteiger partial charge in [-0.05, 0) is 71.8 Å². The number of nitrogens with zero attached hydrogens (tertiary/aromatic N) is 2. The SMILES string of the molecule is C#CC(C)C.C/C=C(\C)C(=O)C(C)C.C=CC.CC(C)C1=CC(=O)N(C)C1=O.CC(C)C1CO1.CC(C)N1C(=O)C=CC1=O.CC=C(C)C(C)C. The average Bonchev–Trinajstić information content (AvgIpc) is 3.82. The van der Waals surface area contributed by atoms with Gasteiger partial charge in [-0.1, -0.05) is 93.0 Å². The number of ketones is 1. The minimum absolute atomic E-state index is 0.0324. The van der Waals surface area contributed by atoms with E-state index in [9.17, 15) is 24.0 Å². The number of hydrogen-bond acceptors (Lipinski definition) is 6. The highest BCUT2D eigenvalue weighted by atomic mass is 16.6. The molecule has 0 aliphatic carbocycles. The number of allylic oxidation sites excluding steroid dienone is 5. The Bertz CT molecular complexity index is 1230. The number of carbonyl (C=O) groups excluding carboxylic acids is 5. The van der Waals surface area contributed by atoms with Crippen LogP contribution >= 0.6 is 0 Å². The summed E-state index contributed by atoms with van der Waals surface area (Å²) in [7, 11) is 1.50. The zero-order valence-electron chi connectivity index (χ0n) is 35.3. The molecule has 0 spiro atoms. The summed E-state index contributed by atoms with van der Waals surface area (Å²) in [5, 5.41) is 0. The number of likely N-dealkylation sites (N-methyl/N-ethyl adjacent to an activating group) is 1. The molecule has 290 valence electrons. The maximum Gasteiger partial charge on any atom is 0.256 e. The Balaban J connectivity index is -0.000000260. The lowest BCUT2D eigenvalue weighted by molar-refractivity contribution is -0.139. The number of carbonyl (C=O) groups is 5. The van der Waals surface area contributed by atoms with Crippen LogP contribution in [0, 0.1) is 41.9 Å². The number of terminal acetylenes is 1. The highest BCUT2D eigenvalue weighted by Gasteiger charge is 2.29. The van der Waals surface area contributed by atoms with Crippen LogP contribution < -0.4 is 0 Å². The summed E-state index contributed by atoms with van der Waals surface area (Å²) in [5.41, 5.74) is 2.95. The monoisotopic (exact) mass is 713 g/mol.